The quantitative estimate of drug-likeness (QED) is 0.749. The van der Waals surface area contributed by atoms with Crippen molar-refractivity contribution in [1.82, 2.24) is 10.2 Å². The van der Waals surface area contributed by atoms with Crippen LogP contribution in [0.4, 0.5) is 0 Å². The predicted molar refractivity (Wildman–Crippen MR) is 74.8 cm³/mol. The first-order chi connectivity index (χ1) is 8.28. The molecule has 0 aromatic carbocycles. The summed E-state index contributed by atoms with van der Waals surface area (Å²) in [5, 5.41) is 12.8. The van der Waals surface area contributed by atoms with Crippen LogP contribution < -0.4 is 5.32 Å². The third-order valence-corrected chi connectivity index (χ3v) is 3.78. The van der Waals surface area contributed by atoms with Gasteiger partial charge in [-0.2, -0.15) is 0 Å². The molecule has 2 N–H and O–H groups in total. The molecule has 0 radical (unpaired) electrons. The van der Waals surface area contributed by atoms with Crippen LogP contribution in [-0.4, -0.2) is 61.5 Å². The van der Waals surface area contributed by atoms with E-state index < -0.39 is 0 Å². The van der Waals surface area contributed by atoms with Crippen molar-refractivity contribution in [3.63, 3.8) is 0 Å². The van der Waals surface area contributed by atoms with E-state index >= 15 is 0 Å². The SMILES string of the molecule is CC(CO)N(C)CC1(CNC(C)(C)C)CCOC1. The molecule has 0 aliphatic carbocycles. The summed E-state index contributed by atoms with van der Waals surface area (Å²) < 4.78 is 5.61. The minimum atomic E-state index is 0.136. The highest BCUT2D eigenvalue weighted by Gasteiger charge is 2.37. The number of aliphatic hydroxyl groups excluding tert-OH is 1. The molecule has 1 saturated heterocycles. The van der Waals surface area contributed by atoms with Gasteiger partial charge in [0.15, 0.2) is 0 Å². The molecule has 0 aromatic heterocycles. The first kappa shape index (κ1) is 15.9. The maximum Gasteiger partial charge on any atom is 0.0584 e. The minimum absolute atomic E-state index is 0.136. The number of hydrogen-bond acceptors (Lipinski definition) is 4. The second-order valence-electron chi connectivity index (χ2n) is 6.85. The Morgan fingerprint density at radius 3 is 2.56 bits per heavy atom. The van der Waals surface area contributed by atoms with Gasteiger partial charge in [-0.3, -0.25) is 0 Å². The maximum atomic E-state index is 9.23. The van der Waals surface area contributed by atoms with E-state index in [0.717, 1.165) is 32.7 Å². The minimum Gasteiger partial charge on any atom is -0.395 e. The van der Waals surface area contributed by atoms with Crippen molar-refractivity contribution in [2.24, 2.45) is 5.41 Å². The molecule has 4 nitrogen and oxygen atoms in total. The molecule has 0 amide bonds. The molecule has 0 aromatic rings. The summed E-state index contributed by atoms with van der Waals surface area (Å²) in [6, 6.07) is 0.206. The van der Waals surface area contributed by atoms with E-state index in [9.17, 15) is 5.11 Å². The third-order valence-electron chi connectivity index (χ3n) is 3.78. The van der Waals surface area contributed by atoms with E-state index in [-0.39, 0.29) is 23.6 Å². The lowest BCUT2D eigenvalue weighted by molar-refractivity contribution is 0.0803. The standard InChI is InChI=1S/C14H30N2O2/c1-12(8-17)16(5)10-14(6-7-18-11-14)9-15-13(2,3)4/h12,15,17H,6-11H2,1-5H3. The summed E-state index contributed by atoms with van der Waals surface area (Å²) in [4.78, 5) is 2.24. The van der Waals surface area contributed by atoms with Gasteiger partial charge >= 0.3 is 0 Å². The van der Waals surface area contributed by atoms with Crippen molar-refractivity contribution in [3.8, 4) is 0 Å². The Morgan fingerprint density at radius 2 is 2.11 bits per heavy atom. The molecule has 4 heteroatoms. The summed E-state index contributed by atoms with van der Waals surface area (Å²) in [5.41, 5.74) is 0.322. The molecular weight excluding hydrogens is 228 g/mol. The molecule has 1 aliphatic rings. The molecule has 0 bridgehead atoms. The number of rotatable bonds is 6. The summed E-state index contributed by atoms with van der Waals surface area (Å²) in [5.74, 6) is 0. The molecule has 2 atom stereocenters. The average molecular weight is 258 g/mol. The van der Waals surface area contributed by atoms with Gasteiger partial charge in [-0.15, -0.1) is 0 Å². The summed E-state index contributed by atoms with van der Waals surface area (Å²) >= 11 is 0. The zero-order chi connectivity index (χ0) is 13.8. The lowest BCUT2D eigenvalue weighted by Gasteiger charge is -2.37. The van der Waals surface area contributed by atoms with Crippen LogP contribution in [0.2, 0.25) is 0 Å². The first-order valence-corrected chi connectivity index (χ1v) is 6.92. The van der Waals surface area contributed by atoms with Gasteiger partial charge in [0.25, 0.3) is 0 Å². The van der Waals surface area contributed by atoms with Crippen LogP contribution in [0.5, 0.6) is 0 Å². The molecule has 1 aliphatic heterocycles. The molecule has 1 heterocycles. The molecule has 108 valence electrons. The fraction of sp³-hybridized carbons (Fsp3) is 1.00. The number of likely N-dealkylation sites (N-methyl/N-ethyl adjacent to an activating group) is 1. The van der Waals surface area contributed by atoms with Crippen molar-refractivity contribution in [1.29, 1.82) is 0 Å². The van der Waals surface area contributed by atoms with Gasteiger partial charge in [0, 0.05) is 36.7 Å². The van der Waals surface area contributed by atoms with Crippen molar-refractivity contribution >= 4 is 0 Å². The average Bonchev–Trinajstić information content (AvgIpc) is 2.73. The van der Waals surface area contributed by atoms with Gasteiger partial charge in [-0.1, -0.05) is 0 Å². The van der Waals surface area contributed by atoms with Crippen molar-refractivity contribution < 1.29 is 9.84 Å². The van der Waals surface area contributed by atoms with Gasteiger partial charge in [0.1, 0.15) is 0 Å². The van der Waals surface area contributed by atoms with E-state index in [0.29, 0.717) is 0 Å². The summed E-state index contributed by atoms with van der Waals surface area (Å²) in [6.45, 7) is 12.5. The highest BCUT2D eigenvalue weighted by atomic mass is 16.5. The Balaban J connectivity index is 2.58. The molecule has 18 heavy (non-hydrogen) atoms. The lowest BCUT2D eigenvalue weighted by atomic mass is 9.85. The number of nitrogens with zero attached hydrogens (tertiary/aromatic N) is 1. The third kappa shape index (κ3) is 4.84. The topological polar surface area (TPSA) is 44.7 Å². The smallest absolute Gasteiger partial charge is 0.0584 e. The highest BCUT2D eigenvalue weighted by Crippen LogP contribution is 2.30. The zero-order valence-electron chi connectivity index (χ0n) is 12.6. The molecular formula is C14H30N2O2. The maximum absolute atomic E-state index is 9.23. The normalized spacial score (nSPS) is 26.8. The number of hydrogen-bond donors (Lipinski definition) is 2. The fourth-order valence-electron chi connectivity index (χ4n) is 2.25. The summed E-state index contributed by atoms with van der Waals surface area (Å²) in [7, 11) is 2.08. The van der Waals surface area contributed by atoms with Crippen LogP contribution in [0.15, 0.2) is 0 Å². The van der Waals surface area contributed by atoms with E-state index in [2.05, 4.69) is 45.0 Å². The van der Waals surface area contributed by atoms with Crippen LogP contribution >= 0.6 is 0 Å². The number of aliphatic hydroxyl groups is 1. The second-order valence-corrected chi connectivity index (χ2v) is 6.85. The monoisotopic (exact) mass is 258 g/mol. The Labute approximate surface area is 112 Å². The molecule has 1 fully saturated rings. The largest absolute Gasteiger partial charge is 0.395 e. The van der Waals surface area contributed by atoms with Crippen LogP contribution in [0.3, 0.4) is 0 Å². The fourth-order valence-corrected chi connectivity index (χ4v) is 2.25. The predicted octanol–water partition coefficient (Wildman–Crippen LogP) is 1.09. The van der Waals surface area contributed by atoms with Crippen molar-refractivity contribution in [3.05, 3.63) is 0 Å². The summed E-state index contributed by atoms with van der Waals surface area (Å²) in [6.07, 6.45) is 1.10. The first-order valence-electron chi connectivity index (χ1n) is 6.92. The van der Waals surface area contributed by atoms with Crippen LogP contribution in [0, 0.1) is 5.41 Å². The van der Waals surface area contributed by atoms with E-state index in [1.165, 1.54) is 0 Å². The van der Waals surface area contributed by atoms with Crippen LogP contribution in [-0.2, 0) is 4.74 Å². The van der Waals surface area contributed by atoms with E-state index in [4.69, 9.17) is 4.74 Å². The van der Waals surface area contributed by atoms with Gasteiger partial charge < -0.3 is 20.1 Å². The van der Waals surface area contributed by atoms with E-state index in [1.807, 2.05) is 0 Å². The molecule has 0 spiro atoms. The Morgan fingerprint density at radius 1 is 1.44 bits per heavy atom. The lowest BCUT2D eigenvalue weighted by Crippen LogP contribution is -2.50. The van der Waals surface area contributed by atoms with Gasteiger partial charge in [-0.05, 0) is 41.2 Å². The van der Waals surface area contributed by atoms with Crippen molar-refractivity contribution in [2.75, 3.05) is 40.0 Å². The number of ether oxygens (including phenoxy) is 1. The van der Waals surface area contributed by atoms with E-state index in [1.54, 1.807) is 0 Å². The molecule has 2 unspecified atom stereocenters. The van der Waals surface area contributed by atoms with Crippen molar-refractivity contribution in [2.45, 2.75) is 45.7 Å². The Hall–Kier alpha value is -0.160. The molecule has 0 saturated carbocycles. The molecule has 1 rings (SSSR count). The number of nitrogens with one attached hydrogen (secondary N) is 1. The second kappa shape index (κ2) is 6.33. The Bertz CT molecular complexity index is 245. The van der Waals surface area contributed by atoms with Gasteiger partial charge in [0.05, 0.1) is 13.2 Å². The Kier molecular flexibility index (Phi) is 5.59. The highest BCUT2D eigenvalue weighted by molar-refractivity contribution is 4.90. The van der Waals surface area contributed by atoms with Gasteiger partial charge in [0.2, 0.25) is 0 Å². The van der Waals surface area contributed by atoms with Gasteiger partial charge in [-0.25, -0.2) is 0 Å². The zero-order valence-corrected chi connectivity index (χ0v) is 12.6. The van der Waals surface area contributed by atoms with Crippen LogP contribution in [0.1, 0.15) is 34.1 Å². The van der Waals surface area contributed by atoms with Crippen LogP contribution in [0.25, 0.3) is 0 Å².